The van der Waals surface area contributed by atoms with Crippen LogP contribution in [-0.4, -0.2) is 15.1 Å². The molecule has 1 heterocycles. The number of rotatable bonds is 3. The maximum Gasteiger partial charge on any atom is 0.282 e. The predicted molar refractivity (Wildman–Crippen MR) is 45.7 cm³/mol. The second-order valence-corrected chi connectivity index (χ2v) is 3.25. The lowest BCUT2D eigenvalue weighted by molar-refractivity contribution is 0.144. The molecule has 0 radical (unpaired) electrons. The zero-order chi connectivity index (χ0) is 9.14. The van der Waals surface area contributed by atoms with Crippen LogP contribution in [0.15, 0.2) is 6.20 Å². The topological polar surface area (TPSA) is 17.8 Å². The molecule has 0 aromatic carbocycles. The monoisotopic (exact) mass is 238 g/mol. The standard InChI is InChI=1S/C7H9BrF2N2/c1-12-4-5(2-3-8)6(11-12)7(9)10/h4,7H,2-3H2,1H3. The van der Waals surface area contributed by atoms with E-state index in [1.54, 1.807) is 13.2 Å². The smallest absolute Gasteiger partial charge is 0.275 e. The second kappa shape index (κ2) is 3.98. The number of aromatic nitrogens is 2. The van der Waals surface area contributed by atoms with E-state index < -0.39 is 6.43 Å². The molecule has 0 aliphatic carbocycles. The van der Waals surface area contributed by atoms with Crippen molar-refractivity contribution < 1.29 is 8.78 Å². The highest BCUT2D eigenvalue weighted by atomic mass is 79.9. The minimum Gasteiger partial charge on any atom is -0.275 e. The summed E-state index contributed by atoms with van der Waals surface area (Å²) >= 11 is 3.20. The fourth-order valence-corrected chi connectivity index (χ4v) is 1.46. The van der Waals surface area contributed by atoms with Crippen LogP contribution in [0.4, 0.5) is 8.78 Å². The van der Waals surface area contributed by atoms with Gasteiger partial charge in [-0.25, -0.2) is 8.78 Å². The highest BCUT2D eigenvalue weighted by Gasteiger charge is 2.16. The molecule has 0 saturated heterocycles. The van der Waals surface area contributed by atoms with E-state index in [2.05, 4.69) is 21.0 Å². The summed E-state index contributed by atoms with van der Waals surface area (Å²) in [5.41, 5.74) is 0.515. The van der Waals surface area contributed by atoms with Gasteiger partial charge in [-0.05, 0) is 12.0 Å². The van der Waals surface area contributed by atoms with Gasteiger partial charge in [0.25, 0.3) is 6.43 Å². The number of aryl methyl sites for hydroxylation is 2. The molecule has 0 aliphatic rings. The van der Waals surface area contributed by atoms with Gasteiger partial charge in [-0.15, -0.1) is 0 Å². The molecule has 0 aliphatic heterocycles. The van der Waals surface area contributed by atoms with E-state index in [1.165, 1.54) is 4.68 Å². The SMILES string of the molecule is Cn1cc(CCBr)c(C(F)F)n1. The van der Waals surface area contributed by atoms with Crippen LogP contribution in [0.1, 0.15) is 17.7 Å². The van der Waals surface area contributed by atoms with Crippen LogP contribution in [0.3, 0.4) is 0 Å². The highest BCUT2D eigenvalue weighted by molar-refractivity contribution is 9.09. The van der Waals surface area contributed by atoms with Crippen molar-refractivity contribution in [1.29, 1.82) is 0 Å². The third-order valence-electron chi connectivity index (χ3n) is 1.51. The number of alkyl halides is 3. The summed E-state index contributed by atoms with van der Waals surface area (Å²) in [6.07, 6.45) is -0.253. The molecule has 1 aromatic heterocycles. The number of hydrogen-bond donors (Lipinski definition) is 0. The number of hydrogen-bond acceptors (Lipinski definition) is 1. The van der Waals surface area contributed by atoms with E-state index >= 15 is 0 Å². The fourth-order valence-electron chi connectivity index (χ4n) is 1.03. The first-order valence-corrected chi connectivity index (χ1v) is 4.64. The van der Waals surface area contributed by atoms with Gasteiger partial charge >= 0.3 is 0 Å². The summed E-state index contributed by atoms with van der Waals surface area (Å²) in [6.45, 7) is 0. The summed E-state index contributed by atoms with van der Waals surface area (Å²) in [5.74, 6) is 0. The minimum atomic E-state index is -2.47. The van der Waals surface area contributed by atoms with E-state index in [4.69, 9.17) is 0 Å². The summed E-state index contributed by atoms with van der Waals surface area (Å²) in [5, 5.41) is 4.35. The minimum absolute atomic E-state index is 0.100. The number of halogens is 3. The van der Waals surface area contributed by atoms with Crippen molar-refractivity contribution in [2.24, 2.45) is 7.05 Å². The van der Waals surface area contributed by atoms with Crippen LogP contribution in [0.2, 0.25) is 0 Å². The van der Waals surface area contributed by atoms with Crippen molar-refractivity contribution in [2.75, 3.05) is 5.33 Å². The normalized spacial score (nSPS) is 11.1. The fraction of sp³-hybridized carbons (Fsp3) is 0.571. The van der Waals surface area contributed by atoms with Gasteiger partial charge in [0.2, 0.25) is 0 Å². The van der Waals surface area contributed by atoms with Crippen LogP contribution in [0.5, 0.6) is 0 Å². The molecule has 68 valence electrons. The first-order chi connectivity index (χ1) is 5.65. The second-order valence-electron chi connectivity index (χ2n) is 2.45. The van der Waals surface area contributed by atoms with Crippen molar-refractivity contribution in [2.45, 2.75) is 12.8 Å². The Balaban J connectivity index is 2.92. The van der Waals surface area contributed by atoms with E-state index in [1.807, 2.05) is 0 Å². The van der Waals surface area contributed by atoms with Crippen molar-refractivity contribution in [3.05, 3.63) is 17.5 Å². The molecule has 5 heteroatoms. The molecule has 1 aromatic rings. The van der Waals surface area contributed by atoms with Crippen molar-refractivity contribution in [3.63, 3.8) is 0 Å². The van der Waals surface area contributed by atoms with Crippen molar-refractivity contribution in [1.82, 2.24) is 9.78 Å². The Morgan fingerprint density at radius 2 is 2.33 bits per heavy atom. The molecule has 12 heavy (non-hydrogen) atoms. The molecule has 0 atom stereocenters. The highest BCUT2D eigenvalue weighted by Crippen LogP contribution is 2.21. The van der Waals surface area contributed by atoms with Gasteiger partial charge in [0.15, 0.2) is 0 Å². The Kier molecular flexibility index (Phi) is 3.20. The van der Waals surface area contributed by atoms with Crippen LogP contribution >= 0.6 is 15.9 Å². The Labute approximate surface area is 77.7 Å². The number of nitrogens with zero attached hydrogens (tertiary/aromatic N) is 2. The van der Waals surface area contributed by atoms with Crippen molar-refractivity contribution in [3.8, 4) is 0 Å². The van der Waals surface area contributed by atoms with Crippen LogP contribution in [0.25, 0.3) is 0 Å². The Bertz CT molecular complexity index is 260. The predicted octanol–water partition coefficient (Wildman–Crippen LogP) is 2.30. The van der Waals surface area contributed by atoms with E-state index in [-0.39, 0.29) is 5.69 Å². The molecular formula is C7H9BrF2N2. The lowest BCUT2D eigenvalue weighted by Crippen LogP contribution is -1.93. The van der Waals surface area contributed by atoms with E-state index in [0.717, 1.165) is 0 Å². The molecule has 2 nitrogen and oxygen atoms in total. The van der Waals surface area contributed by atoms with Gasteiger partial charge in [-0.3, -0.25) is 4.68 Å². The molecule has 0 bridgehead atoms. The Morgan fingerprint density at radius 3 is 2.83 bits per heavy atom. The molecule has 1 rings (SSSR count). The Hall–Kier alpha value is -0.450. The molecule has 0 amide bonds. The molecule has 0 fully saturated rings. The largest absolute Gasteiger partial charge is 0.282 e. The van der Waals surface area contributed by atoms with Crippen LogP contribution < -0.4 is 0 Å². The quantitative estimate of drug-likeness (QED) is 0.740. The van der Waals surface area contributed by atoms with Gasteiger partial charge < -0.3 is 0 Å². The average molecular weight is 239 g/mol. The molecule has 0 saturated carbocycles. The Morgan fingerprint density at radius 1 is 1.67 bits per heavy atom. The van der Waals surface area contributed by atoms with Crippen LogP contribution in [0, 0.1) is 0 Å². The summed E-state index contributed by atoms with van der Waals surface area (Å²) in [6, 6.07) is 0. The van der Waals surface area contributed by atoms with Crippen LogP contribution in [-0.2, 0) is 13.5 Å². The molecular weight excluding hydrogens is 230 g/mol. The van der Waals surface area contributed by atoms with Gasteiger partial charge in [0.05, 0.1) is 0 Å². The average Bonchev–Trinajstić information content (AvgIpc) is 2.32. The summed E-state index contributed by atoms with van der Waals surface area (Å²) in [7, 11) is 1.64. The third kappa shape index (κ3) is 2.03. The van der Waals surface area contributed by atoms with Gasteiger partial charge in [0, 0.05) is 18.6 Å². The maximum absolute atomic E-state index is 12.3. The zero-order valence-electron chi connectivity index (χ0n) is 6.60. The molecule has 0 unspecified atom stereocenters. The lowest BCUT2D eigenvalue weighted by atomic mass is 10.2. The van der Waals surface area contributed by atoms with E-state index in [0.29, 0.717) is 17.3 Å². The molecule has 0 spiro atoms. The van der Waals surface area contributed by atoms with Gasteiger partial charge in [0.1, 0.15) is 5.69 Å². The maximum atomic E-state index is 12.3. The first-order valence-electron chi connectivity index (χ1n) is 3.51. The summed E-state index contributed by atoms with van der Waals surface area (Å²) in [4.78, 5) is 0. The third-order valence-corrected chi connectivity index (χ3v) is 1.90. The zero-order valence-corrected chi connectivity index (χ0v) is 8.18. The van der Waals surface area contributed by atoms with E-state index in [9.17, 15) is 8.78 Å². The first kappa shape index (κ1) is 9.64. The van der Waals surface area contributed by atoms with Crippen molar-refractivity contribution >= 4 is 15.9 Å². The molecule has 0 N–H and O–H groups in total. The lowest BCUT2D eigenvalue weighted by Gasteiger charge is -1.96. The van der Waals surface area contributed by atoms with Gasteiger partial charge in [-0.2, -0.15) is 5.10 Å². The summed E-state index contributed by atoms with van der Waals surface area (Å²) < 4.78 is 26.0. The van der Waals surface area contributed by atoms with Gasteiger partial charge in [-0.1, -0.05) is 15.9 Å².